The molecule has 0 aliphatic carbocycles. The van der Waals surface area contributed by atoms with Gasteiger partial charge in [0, 0.05) is 19.1 Å². The standard InChI is InChI=1S/C18H22N6O2/c1-12(2)14-10-15(17-21-19-11-24(17)22-14)20-13-5-7-23(8-6-13)18(25)16-4-3-9-26-16/h3-4,9-13,20H,5-8H2,1-2H3. The average molecular weight is 354 g/mol. The Labute approximate surface area is 151 Å². The molecule has 0 bridgehead atoms. The number of anilines is 1. The molecule has 0 saturated carbocycles. The first-order valence-corrected chi connectivity index (χ1v) is 8.92. The quantitative estimate of drug-likeness (QED) is 0.775. The lowest BCUT2D eigenvalue weighted by atomic mass is 10.0. The van der Waals surface area contributed by atoms with E-state index < -0.39 is 0 Å². The van der Waals surface area contributed by atoms with Crippen molar-refractivity contribution < 1.29 is 9.21 Å². The SMILES string of the molecule is CC(C)c1cc(NC2CCN(C(=O)c3ccco3)CC2)c2nncn2n1. The summed E-state index contributed by atoms with van der Waals surface area (Å²) in [7, 11) is 0. The van der Waals surface area contributed by atoms with Crippen LogP contribution < -0.4 is 5.32 Å². The number of hydrogen-bond acceptors (Lipinski definition) is 6. The maximum absolute atomic E-state index is 12.4. The first kappa shape index (κ1) is 16.6. The van der Waals surface area contributed by atoms with Crippen molar-refractivity contribution in [3.63, 3.8) is 0 Å². The summed E-state index contributed by atoms with van der Waals surface area (Å²) in [6, 6.07) is 5.77. The van der Waals surface area contributed by atoms with Crippen LogP contribution in [0, 0.1) is 0 Å². The number of hydrogen-bond donors (Lipinski definition) is 1. The minimum Gasteiger partial charge on any atom is -0.459 e. The van der Waals surface area contributed by atoms with Crippen molar-refractivity contribution in [3.05, 3.63) is 42.2 Å². The molecule has 0 radical (unpaired) electrons. The number of likely N-dealkylation sites (tertiary alicyclic amines) is 1. The second kappa shape index (κ2) is 6.78. The van der Waals surface area contributed by atoms with Crippen molar-refractivity contribution in [3.8, 4) is 0 Å². The van der Waals surface area contributed by atoms with Gasteiger partial charge in [-0.05, 0) is 37.0 Å². The smallest absolute Gasteiger partial charge is 0.289 e. The zero-order valence-corrected chi connectivity index (χ0v) is 14.9. The molecule has 0 aromatic carbocycles. The van der Waals surface area contributed by atoms with E-state index in [1.54, 1.807) is 23.0 Å². The molecule has 0 atom stereocenters. The first-order chi connectivity index (χ1) is 12.6. The van der Waals surface area contributed by atoms with Crippen LogP contribution in [0.3, 0.4) is 0 Å². The fourth-order valence-electron chi connectivity index (χ4n) is 3.24. The van der Waals surface area contributed by atoms with E-state index in [0.29, 0.717) is 24.8 Å². The molecule has 136 valence electrons. The lowest BCUT2D eigenvalue weighted by molar-refractivity contribution is 0.0686. The van der Waals surface area contributed by atoms with Crippen LogP contribution in [-0.2, 0) is 0 Å². The van der Waals surface area contributed by atoms with Gasteiger partial charge in [-0.3, -0.25) is 4.79 Å². The van der Waals surface area contributed by atoms with Gasteiger partial charge in [0.05, 0.1) is 17.6 Å². The van der Waals surface area contributed by atoms with Crippen molar-refractivity contribution in [1.82, 2.24) is 24.7 Å². The highest BCUT2D eigenvalue weighted by atomic mass is 16.3. The third-order valence-electron chi connectivity index (χ3n) is 4.75. The molecule has 1 aliphatic rings. The highest BCUT2D eigenvalue weighted by molar-refractivity contribution is 5.91. The third-order valence-corrected chi connectivity index (χ3v) is 4.75. The number of amides is 1. The number of carbonyl (C=O) groups excluding carboxylic acids is 1. The van der Waals surface area contributed by atoms with Crippen LogP contribution in [0.15, 0.2) is 35.2 Å². The van der Waals surface area contributed by atoms with Gasteiger partial charge in [0.2, 0.25) is 5.65 Å². The molecule has 1 amide bonds. The molecule has 3 aromatic rings. The van der Waals surface area contributed by atoms with Crippen LogP contribution in [-0.4, -0.2) is 49.7 Å². The summed E-state index contributed by atoms with van der Waals surface area (Å²) in [6.07, 6.45) is 4.89. The van der Waals surface area contributed by atoms with Gasteiger partial charge in [0.15, 0.2) is 5.76 Å². The molecule has 0 spiro atoms. The molecule has 4 heterocycles. The molecule has 8 heteroatoms. The fraction of sp³-hybridized carbons (Fsp3) is 0.444. The Hall–Kier alpha value is -2.90. The van der Waals surface area contributed by atoms with Gasteiger partial charge in [0.25, 0.3) is 5.91 Å². The Bertz CT molecular complexity index is 894. The van der Waals surface area contributed by atoms with Gasteiger partial charge in [-0.15, -0.1) is 10.2 Å². The minimum absolute atomic E-state index is 0.0423. The largest absolute Gasteiger partial charge is 0.459 e. The van der Waals surface area contributed by atoms with E-state index >= 15 is 0 Å². The van der Waals surface area contributed by atoms with Crippen LogP contribution in [0.2, 0.25) is 0 Å². The van der Waals surface area contributed by atoms with Crippen LogP contribution in [0.25, 0.3) is 5.65 Å². The van der Waals surface area contributed by atoms with Gasteiger partial charge < -0.3 is 14.6 Å². The molecular weight excluding hydrogens is 332 g/mol. The predicted octanol–water partition coefficient (Wildman–Crippen LogP) is 2.56. The Kier molecular flexibility index (Phi) is 4.32. The molecular formula is C18H22N6O2. The second-order valence-electron chi connectivity index (χ2n) is 6.92. The molecule has 1 aliphatic heterocycles. The Morgan fingerprint density at radius 3 is 2.85 bits per heavy atom. The third kappa shape index (κ3) is 3.14. The van der Waals surface area contributed by atoms with Crippen molar-refractivity contribution >= 4 is 17.2 Å². The number of aromatic nitrogens is 4. The minimum atomic E-state index is -0.0423. The molecule has 0 unspecified atom stereocenters. The summed E-state index contributed by atoms with van der Waals surface area (Å²) < 4.78 is 6.93. The number of fused-ring (bicyclic) bond motifs is 1. The van der Waals surface area contributed by atoms with Crippen LogP contribution in [0.5, 0.6) is 0 Å². The zero-order valence-electron chi connectivity index (χ0n) is 14.9. The van der Waals surface area contributed by atoms with Gasteiger partial charge in [0.1, 0.15) is 6.33 Å². The number of nitrogens with zero attached hydrogens (tertiary/aromatic N) is 5. The molecule has 26 heavy (non-hydrogen) atoms. The lowest BCUT2D eigenvalue weighted by Crippen LogP contribution is -2.42. The number of piperidine rings is 1. The van der Waals surface area contributed by atoms with E-state index in [2.05, 4.69) is 40.5 Å². The Morgan fingerprint density at radius 1 is 1.35 bits per heavy atom. The molecule has 8 nitrogen and oxygen atoms in total. The van der Waals surface area contributed by atoms with Crippen molar-refractivity contribution in [2.45, 2.75) is 38.6 Å². The molecule has 1 fully saturated rings. The van der Waals surface area contributed by atoms with Crippen LogP contribution in [0.4, 0.5) is 5.69 Å². The molecule has 4 rings (SSSR count). The second-order valence-corrected chi connectivity index (χ2v) is 6.92. The monoisotopic (exact) mass is 354 g/mol. The van der Waals surface area contributed by atoms with Crippen molar-refractivity contribution in [2.75, 3.05) is 18.4 Å². The topological polar surface area (TPSA) is 88.6 Å². The average Bonchev–Trinajstić information content (AvgIpc) is 3.33. The number of nitrogens with one attached hydrogen (secondary N) is 1. The molecule has 3 aromatic heterocycles. The van der Waals surface area contributed by atoms with E-state index in [-0.39, 0.29) is 11.9 Å². The normalized spacial score (nSPS) is 15.7. The summed E-state index contributed by atoms with van der Waals surface area (Å²) in [4.78, 5) is 14.2. The Balaban J connectivity index is 1.45. The Morgan fingerprint density at radius 2 is 2.15 bits per heavy atom. The summed E-state index contributed by atoms with van der Waals surface area (Å²) in [5.74, 6) is 0.673. The van der Waals surface area contributed by atoms with Gasteiger partial charge in [-0.2, -0.15) is 9.61 Å². The zero-order chi connectivity index (χ0) is 18.1. The summed E-state index contributed by atoms with van der Waals surface area (Å²) in [5, 5.41) is 16.3. The van der Waals surface area contributed by atoms with Gasteiger partial charge >= 0.3 is 0 Å². The number of carbonyl (C=O) groups is 1. The van der Waals surface area contributed by atoms with E-state index in [0.717, 1.165) is 29.9 Å². The number of furan rings is 1. The lowest BCUT2D eigenvalue weighted by Gasteiger charge is -2.32. The molecule has 1 saturated heterocycles. The summed E-state index contributed by atoms with van der Waals surface area (Å²) in [6.45, 7) is 5.62. The van der Waals surface area contributed by atoms with E-state index in [4.69, 9.17) is 4.42 Å². The van der Waals surface area contributed by atoms with E-state index in [1.807, 2.05) is 4.90 Å². The van der Waals surface area contributed by atoms with Crippen LogP contribution >= 0.6 is 0 Å². The van der Waals surface area contributed by atoms with Crippen LogP contribution in [0.1, 0.15) is 48.9 Å². The maximum atomic E-state index is 12.4. The fourth-order valence-corrected chi connectivity index (χ4v) is 3.24. The number of rotatable bonds is 4. The van der Waals surface area contributed by atoms with Crippen molar-refractivity contribution in [2.24, 2.45) is 0 Å². The highest BCUT2D eigenvalue weighted by Gasteiger charge is 2.25. The highest BCUT2D eigenvalue weighted by Crippen LogP contribution is 2.23. The van der Waals surface area contributed by atoms with Gasteiger partial charge in [-0.1, -0.05) is 13.8 Å². The van der Waals surface area contributed by atoms with E-state index in [9.17, 15) is 4.79 Å². The summed E-state index contributed by atoms with van der Waals surface area (Å²) in [5.41, 5.74) is 2.66. The van der Waals surface area contributed by atoms with Crippen molar-refractivity contribution in [1.29, 1.82) is 0 Å². The summed E-state index contributed by atoms with van der Waals surface area (Å²) >= 11 is 0. The first-order valence-electron chi connectivity index (χ1n) is 8.92. The van der Waals surface area contributed by atoms with Gasteiger partial charge in [-0.25, -0.2) is 0 Å². The molecule has 1 N–H and O–H groups in total. The predicted molar refractivity (Wildman–Crippen MR) is 96.1 cm³/mol. The van der Waals surface area contributed by atoms with E-state index in [1.165, 1.54) is 6.26 Å². The maximum Gasteiger partial charge on any atom is 0.289 e.